The van der Waals surface area contributed by atoms with Crippen LogP contribution in [0.15, 0.2) is 71.7 Å². The average Bonchev–Trinajstić information content (AvgIpc) is 3.27. The maximum Gasteiger partial charge on any atom is 0.254 e. The molecule has 2 heterocycles. The number of halogens is 1. The Kier molecular flexibility index (Phi) is 6.60. The van der Waals surface area contributed by atoms with Crippen molar-refractivity contribution in [1.82, 2.24) is 9.47 Å². The van der Waals surface area contributed by atoms with Crippen molar-refractivity contribution in [2.45, 2.75) is 39.0 Å². The quantitative estimate of drug-likeness (QED) is 0.556. The van der Waals surface area contributed by atoms with Crippen molar-refractivity contribution in [3.05, 3.63) is 99.7 Å². The van der Waals surface area contributed by atoms with Gasteiger partial charge >= 0.3 is 0 Å². The molecule has 0 saturated carbocycles. The molecule has 5 heteroatoms. The van der Waals surface area contributed by atoms with Crippen molar-refractivity contribution < 1.29 is 9.13 Å². The summed E-state index contributed by atoms with van der Waals surface area (Å²) in [6.07, 6.45) is 5.19. The minimum Gasteiger partial charge on any atom is -0.489 e. The fourth-order valence-corrected chi connectivity index (χ4v) is 3.77. The zero-order valence-corrected chi connectivity index (χ0v) is 17.1. The van der Waals surface area contributed by atoms with Gasteiger partial charge in [0.25, 0.3) is 5.56 Å². The maximum atomic E-state index is 13.0. The molecule has 3 aromatic rings. The Labute approximate surface area is 176 Å². The number of rotatable bonds is 8. The molecule has 4 rings (SSSR count). The first kappa shape index (κ1) is 20.4. The Hall–Kier alpha value is -2.92. The molecule has 30 heavy (non-hydrogen) atoms. The SMILES string of the molecule is O=c1cc(OCc2ccc(F)cc2)ccn1CCc1ccc(CN2CCCC2)cc1. The molecule has 2 aromatic carbocycles. The summed E-state index contributed by atoms with van der Waals surface area (Å²) in [6, 6.07) is 18.2. The molecule has 1 fully saturated rings. The van der Waals surface area contributed by atoms with Crippen LogP contribution in [0, 0.1) is 5.82 Å². The second-order valence-corrected chi connectivity index (χ2v) is 7.86. The number of hydrogen-bond donors (Lipinski definition) is 0. The number of nitrogens with zero attached hydrogens (tertiary/aromatic N) is 2. The second kappa shape index (κ2) is 9.72. The van der Waals surface area contributed by atoms with Gasteiger partial charge in [-0.25, -0.2) is 4.39 Å². The summed E-state index contributed by atoms with van der Waals surface area (Å²) in [5, 5.41) is 0. The lowest BCUT2D eigenvalue weighted by Gasteiger charge is -2.14. The van der Waals surface area contributed by atoms with Crippen molar-refractivity contribution in [2.24, 2.45) is 0 Å². The summed E-state index contributed by atoms with van der Waals surface area (Å²) < 4.78 is 20.3. The Morgan fingerprint density at radius 1 is 0.867 bits per heavy atom. The molecular formula is C25H27FN2O2. The van der Waals surface area contributed by atoms with Crippen LogP contribution in [0.25, 0.3) is 0 Å². The first-order chi connectivity index (χ1) is 14.7. The van der Waals surface area contributed by atoms with Crippen molar-refractivity contribution in [3.8, 4) is 5.75 Å². The zero-order valence-electron chi connectivity index (χ0n) is 17.1. The Morgan fingerprint density at radius 3 is 2.23 bits per heavy atom. The number of aromatic nitrogens is 1. The van der Waals surface area contributed by atoms with Gasteiger partial charge in [-0.1, -0.05) is 36.4 Å². The van der Waals surface area contributed by atoms with Gasteiger partial charge in [-0.2, -0.15) is 0 Å². The Morgan fingerprint density at radius 2 is 1.53 bits per heavy atom. The predicted octanol–water partition coefficient (Wildman–Crippen LogP) is 4.40. The lowest BCUT2D eigenvalue weighted by Crippen LogP contribution is -2.20. The first-order valence-corrected chi connectivity index (χ1v) is 10.5. The summed E-state index contributed by atoms with van der Waals surface area (Å²) in [5.41, 5.74) is 3.34. The molecular weight excluding hydrogens is 379 g/mol. The third kappa shape index (κ3) is 5.57. The van der Waals surface area contributed by atoms with Crippen LogP contribution >= 0.6 is 0 Å². The van der Waals surface area contributed by atoms with Crippen molar-refractivity contribution in [2.75, 3.05) is 13.1 Å². The number of likely N-dealkylation sites (tertiary alicyclic amines) is 1. The Bertz CT molecular complexity index is 1010. The van der Waals surface area contributed by atoms with Gasteiger partial charge < -0.3 is 9.30 Å². The summed E-state index contributed by atoms with van der Waals surface area (Å²) in [6.45, 7) is 4.36. The van der Waals surface area contributed by atoms with Crippen LogP contribution < -0.4 is 10.3 Å². The van der Waals surface area contributed by atoms with E-state index >= 15 is 0 Å². The molecule has 1 aromatic heterocycles. The molecule has 0 aliphatic carbocycles. The van der Waals surface area contributed by atoms with E-state index < -0.39 is 0 Å². The Balaban J connectivity index is 1.29. The van der Waals surface area contributed by atoms with Crippen LogP contribution in [0.5, 0.6) is 5.75 Å². The minimum atomic E-state index is -0.275. The number of benzene rings is 2. The van der Waals surface area contributed by atoms with Crippen LogP contribution in [-0.2, 0) is 26.1 Å². The van der Waals surface area contributed by atoms with Crippen molar-refractivity contribution in [3.63, 3.8) is 0 Å². The minimum absolute atomic E-state index is 0.0859. The van der Waals surface area contributed by atoms with E-state index in [0.29, 0.717) is 18.9 Å². The normalized spacial score (nSPS) is 14.2. The highest BCUT2D eigenvalue weighted by Gasteiger charge is 2.11. The van der Waals surface area contributed by atoms with Crippen molar-refractivity contribution in [1.29, 1.82) is 0 Å². The molecule has 0 bridgehead atoms. The van der Waals surface area contributed by atoms with E-state index in [1.807, 2.05) is 0 Å². The fourth-order valence-electron chi connectivity index (χ4n) is 3.77. The fraction of sp³-hybridized carbons (Fsp3) is 0.320. The predicted molar refractivity (Wildman–Crippen MR) is 116 cm³/mol. The third-order valence-electron chi connectivity index (χ3n) is 5.56. The monoisotopic (exact) mass is 406 g/mol. The lowest BCUT2D eigenvalue weighted by molar-refractivity contribution is 0.304. The summed E-state index contributed by atoms with van der Waals surface area (Å²) >= 11 is 0. The van der Waals surface area contributed by atoms with Gasteiger partial charge in [0, 0.05) is 25.4 Å². The number of hydrogen-bond acceptors (Lipinski definition) is 3. The zero-order chi connectivity index (χ0) is 20.8. The number of ether oxygens (including phenoxy) is 1. The highest BCUT2D eigenvalue weighted by atomic mass is 19.1. The van der Waals surface area contributed by atoms with Gasteiger partial charge in [-0.15, -0.1) is 0 Å². The second-order valence-electron chi connectivity index (χ2n) is 7.86. The van der Waals surface area contributed by atoms with E-state index in [9.17, 15) is 9.18 Å². The highest BCUT2D eigenvalue weighted by molar-refractivity contribution is 5.23. The topological polar surface area (TPSA) is 34.5 Å². The van der Waals surface area contributed by atoms with Gasteiger partial charge in [0.05, 0.1) is 0 Å². The van der Waals surface area contributed by atoms with Gasteiger partial charge in [0.1, 0.15) is 18.2 Å². The summed E-state index contributed by atoms with van der Waals surface area (Å²) in [7, 11) is 0. The van der Waals surface area contributed by atoms with Crippen LogP contribution in [-0.4, -0.2) is 22.6 Å². The van der Waals surface area contributed by atoms with Gasteiger partial charge in [0.2, 0.25) is 0 Å². The third-order valence-corrected chi connectivity index (χ3v) is 5.56. The molecule has 0 unspecified atom stereocenters. The maximum absolute atomic E-state index is 13.0. The number of aryl methyl sites for hydroxylation is 2. The standard InChI is InChI=1S/C25H27FN2O2/c26-23-9-7-22(8-10-23)19-30-24-12-16-28(25(29)17-24)15-11-20-3-5-21(6-4-20)18-27-13-1-2-14-27/h3-10,12,16-17H,1-2,11,13-15,18-19H2. The lowest BCUT2D eigenvalue weighted by atomic mass is 10.1. The van der Waals surface area contributed by atoms with E-state index in [2.05, 4.69) is 29.2 Å². The van der Waals surface area contributed by atoms with Crippen LogP contribution in [0.3, 0.4) is 0 Å². The average molecular weight is 407 g/mol. The molecule has 4 nitrogen and oxygen atoms in total. The number of pyridine rings is 1. The first-order valence-electron chi connectivity index (χ1n) is 10.5. The molecule has 0 N–H and O–H groups in total. The molecule has 1 saturated heterocycles. The van der Waals surface area contributed by atoms with Gasteiger partial charge in [-0.3, -0.25) is 9.69 Å². The van der Waals surface area contributed by atoms with E-state index in [1.54, 1.807) is 29.0 Å². The molecule has 0 spiro atoms. The summed E-state index contributed by atoms with van der Waals surface area (Å²) in [5.74, 6) is 0.245. The molecule has 0 radical (unpaired) electrons. The van der Waals surface area contributed by atoms with Crippen LogP contribution in [0.1, 0.15) is 29.5 Å². The van der Waals surface area contributed by atoms with E-state index in [1.165, 1.54) is 55.3 Å². The van der Waals surface area contributed by atoms with Gasteiger partial charge in [-0.05, 0) is 67.2 Å². The van der Waals surface area contributed by atoms with Crippen LogP contribution in [0.2, 0.25) is 0 Å². The highest BCUT2D eigenvalue weighted by Crippen LogP contribution is 2.14. The van der Waals surface area contributed by atoms with E-state index in [4.69, 9.17) is 4.74 Å². The van der Waals surface area contributed by atoms with Crippen LogP contribution in [0.4, 0.5) is 4.39 Å². The summed E-state index contributed by atoms with van der Waals surface area (Å²) in [4.78, 5) is 14.9. The molecule has 0 amide bonds. The molecule has 1 aliphatic rings. The van der Waals surface area contributed by atoms with Gasteiger partial charge in [0.15, 0.2) is 0 Å². The van der Waals surface area contributed by atoms with E-state index in [0.717, 1.165) is 18.5 Å². The molecule has 1 aliphatic heterocycles. The largest absolute Gasteiger partial charge is 0.489 e. The molecule has 156 valence electrons. The van der Waals surface area contributed by atoms with E-state index in [-0.39, 0.29) is 11.4 Å². The smallest absolute Gasteiger partial charge is 0.254 e. The van der Waals surface area contributed by atoms with Crippen molar-refractivity contribution >= 4 is 0 Å². The molecule has 0 atom stereocenters.